The van der Waals surface area contributed by atoms with Gasteiger partial charge in [0.2, 0.25) is 0 Å². The molecule has 17 nitrogen and oxygen atoms in total. The summed E-state index contributed by atoms with van der Waals surface area (Å²) in [5.41, 5.74) is 3.70. The van der Waals surface area contributed by atoms with Crippen molar-refractivity contribution in [1.29, 1.82) is 0 Å². The third-order valence-electron chi connectivity index (χ3n) is 13.1. The van der Waals surface area contributed by atoms with Gasteiger partial charge in [0.05, 0.1) is 70.9 Å². The molecule has 0 amide bonds. The van der Waals surface area contributed by atoms with Gasteiger partial charge in [0.1, 0.15) is 51.4 Å². The predicted molar refractivity (Wildman–Crippen MR) is 321 cm³/mol. The molecule has 10 aromatic rings. The molecule has 0 atom stereocenters. The highest BCUT2D eigenvalue weighted by molar-refractivity contribution is 9.10. The van der Waals surface area contributed by atoms with Gasteiger partial charge in [-0.05, 0) is 199 Å². The summed E-state index contributed by atoms with van der Waals surface area (Å²) in [5, 5.41) is 55.1. The van der Waals surface area contributed by atoms with Crippen molar-refractivity contribution in [1.82, 2.24) is 0 Å². The second-order valence-corrected chi connectivity index (χ2v) is 19.1. The SMILES string of the molecule is COC(=O)c1cc2cc(OC)ccc2cc1C.COC(=O)c1cc2cc(OC)ccc2cc1O.COc1ccc2cc(C)c(C(=O)O)cc2c1.COc1ccc2cc(C)c(C(=O)O)cc2c1Br.COc1ccc2cc(O)c(C(=O)O)cc2c1. The van der Waals surface area contributed by atoms with Crippen molar-refractivity contribution in [2.45, 2.75) is 20.8 Å². The van der Waals surface area contributed by atoms with Crippen LogP contribution in [-0.2, 0) is 9.47 Å². The molecule has 0 radical (unpaired) electrons. The van der Waals surface area contributed by atoms with Crippen LogP contribution >= 0.6 is 15.9 Å². The molecule has 0 heterocycles. The second kappa shape index (κ2) is 27.9. The van der Waals surface area contributed by atoms with Gasteiger partial charge < -0.3 is 58.7 Å². The molecule has 428 valence electrons. The maximum absolute atomic E-state index is 11.6. The normalized spacial score (nSPS) is 10.3. The van der Waals surface area contributed by atoms with E-state index in [1.165, 1.54) is 32.4 Å². The molecule has 18 heteroatoms. The molecular weight excluding hydrogens is 1130 g/mol. The van der Waals surface area contributed by atoms with E-state index in [4.69, 9.17) is 43.7 Å². The van der Waals surface area contributed by atoms with Crippen LogP contribution in [0.4, 0.5) is 0 Å². The summed E-state index contributed by atoms with van der Waals surface area (Å²) in [7, 11) is 10.6. The molecule has 10 rings (SSSR count). The predicted octanol–water partition coefficient (Wildman–Crippen LogP) is 14.0. The van der Waals surface area contributed by atoms with Crippen molar-refractivity contribution in [3.05, 3.63) is 195 Å². The van der Waals surface area contributed by atoms with Crippen LogP contribution in [0, 0.1) is 20.8 Å². The summed E-state index contributed by atoms with van der Waals surface area (Å²) in [4.78, 5) is 55.9. The van der Waals surface area contributed by atoms with Gasteiger partial charge in [0.15, 0.2) is 0 Å². The molecule has 10 aromatic carbocycles. The molecule has 0 saturated heterocycles. The maximum atomic E-state index is 11.6. The number of rotatable bonds is 10. The number of esters is 2. The number of aromatic carboxylic acids is 3. The molecule has 0 unspecified atom stereocenters. The fourth-order valence-corrected chi connectivity index (χ4v) is 9.27. The zero-order valence-corrected chi connectivity index (χ0v) is 48.5. The molecule has 83 heavy (non-hydrogen) atoms. The minimum atomic E-state index is -1.15. The number of ether oxygens (including phenoxy) is 7. The third kappa shape index (κ3) is 15.0. The Labute approximate surface area is 485 Å². The number of aromatic hydroxyl groups is 2. The van der Waals surface area contributed by atoms with Crippen LogP contribution in [0.5, 0.6) is 40.2 Å². The average molecular weight is 1190 g/mol. The van der Waals surface area contributed by atoms with Crippen molar-refractivity contribution in [2.75, 3.05) is 49.8 Å². The summed E-state index contributed by atoms with van der Waals surface area (Å²) >= 11 is 3.43. The van der Waals surface area contributed by atoms with Gasteiger partial charge in [0.25, 0.3) is 0 Å². The molecule has 0 aliphatic heterocycles. The lowest BCUT2D eigenvalue weighted by Crippen LogP contribution is -2.03. The standard InChI is InChI=1S/C14H14O3.C13H11BrO3.C13H12O4.C13H12O3.C12H10O4/c1-9-6-10-4-5-12(16-2)7-11(10)8-13(9)14(15)17-3;1-7-5-8-3-4-11(17-2)12(14)10(8)6-9(7)13(15)16;1-16-10-4-3-8-7-12(14)11(13(15)17-2)6-9(8)5-10;1-8-5-9-3-4-11(16-2)6-10(9)7-12(8)13(14)15;1-16-9-3-2-7-6-11(13)10(12(14)15)5-8(7)4-9/h4-8H,1-3H3;3-6H,1-2H3,(H,15,16);3-7,14H,1-2H3;3-7H,1-2H3,(H,14,15);2-6,13H,1H3,(H,14,15). The summed E-state index contributed by atoms with van der Waals surface area (Å²) < 4.78 is 35.7. The summed E-state index contributed by atoms with van der Waals surface area (Å²) in [5.74, 6) is -0.626. The number of fused-ring (bicyclic) bond motifs is 5. The van der Waals surface area contributed by atoms with E-state index in [2.05, 4.69) is 20.7 Å². The number of halogens is 1. The molecule has 5 N–H and O–H groups in total. The van der Waals surface area contributed by atoms with Crippen LogP contribution in [0.2, 0.25) is 0 Å². The highest BCUT2D eigenvalue weighted by Crippen LogP contribution is 2.35. The van der Waals surface area contributed by atoms with Gasteiger partial charge in [-0.3, -0.25) is 0 Å². The number of phenolic OH excluding ortho intramolecular Hbond substituents is 1. The number of carboxylic acids is 3. The van der Waals surface area contributed by atoms with Crippen LogP contribution < -0.4 is 23.7 Å². The summed E-state index contributed by atoms with van der Waals surface area (Å²) in [6, 6.07) is 42.7. The van der Waals surface area contributed by atoms with Gasteiger partial charge in [-0.25, -0.2) is 24.0 Å². The van der Waals surface area contributed by atoms with Gasteiger partial charge in [-0.1, -0.05) is 48.5 Å². The van der Waals surface area contributed by atoms with Gasteiger partial charge >= 0.3 is 29.8 Å². The number of carboxylic acid groups (broad SMARTS) is 3. The van der Waals surface area contributed by atoms with Crippen molar-refractivity contribution in [3.8, 4) is 40.2 Å². The Morgan fingerprint density at radius 3 is 1.04 bits per heavy atom. The topological polar surface area (TPSA) is 251 Å². The van der Waals surface area contributed by atoms with Crippen LogP contribution in [0.25, 0.3) is 53.9 Å². The number of aryl methyl sites for hydroxylation is 3. The first-order chi connectivity index (χ1) is 39.6. The Morgan fingerprint density at radius 2 is 0.651 bits per heavy atom. The highest BCUT2D eigenvalue weighted by atomic mass is 79.9. The Balaban J connectivity index is 0.000000167. The minimum absolute atomic E-state index is 0.0884. The Bertz CT molecular complexity index is 3880. The van der Waals surface area contributed by atoms with E-state index < -0.39 is 23.9 Å². The highest BCUT2D eigenvalue weighted by Gasteiger charge is 2.16. The number of carbonyl (C=O) groups is 5. The van der Waals surface area contributed by atoms with Crippen molar-refractivity contribution >= 4 is 99.6 Å². The average Bonchev–Trinajstić information content (AvgIpc) is 3.60. The van der Waals surface area contributed by atoms with E-state index in [1.54, 1.807) is 97.9 Å². The van der Waals surface area contributed by atoms with Gasteiger partial charge in [-0.15, -0.1) is 0 Å². The van der Waals surface area contributed by atoms with E-state index in [1.807, 2.05) is 85.8 Å². The van der Waals surface area contributed by atoms with Gasteiger partial charge in [0, 0.05) is 5.39 Å². The third-order valence-corrected chi connectivity index (χ3v) is 13.9. The number of methoxy groups -OCH3 is 7. The molecule has 0 aromatic heterocycles. The quantitative estimate of drug-likeness (QED) is 0.0798. The summed E-state index contributed by atoms with van der Waals surface area (Å²) in [6.45, 7) is 5.49. The molecule has 0 saturated carbocycles. The van der Waals surface area contributed by atoms with Crippen LogP contribution in [0.15, 0.2) is 150 Å². The molecule has 0 fully saturated rings. The van der Waals surface area contributed by atoms with E-state index in [-0.39, 0.29) is 28.6 Å². The van der Waals surface area contributed by atoms with E-state index in [0.29, 0.717) is 33.9 Å². The molecule has 0 bridgehead atoms. The second-order valence-electron chi connectivity index (χ2n) is 18.3. The van der Waals surface area contributed by atoms with Crippen molar-refractivity contribution in [3.63, 3.8) is 0 Å². The lowest BCUT2D eigenvalue weighted by molar-refractivity contribution is 0.0589. The zero-order chi connectivity index (χ0) is 60.8. The lowest BCUT2D eigenvalue weighted by Gasteiger charge is -2.09. The number of hydrogen-bond acceptors (Lipinski definition) is 14. The van der Waals surface area contributed by atoms with Crippen LogP contribution in [0.1, 0.15) is 68.5 Å². The Hall–Kier alpha value is -10.1. The fourth-order valence-electron chi connectivity index (χ4n) is 8.64. The van der Waals surface area contributed by atoms with Crippen molar-refractivity contribution in [2.24, 2.45) is 0 Å². The molecular formula is C65H59BrO17. The molecule has 0 spiro atoms. The van der Waals surface area contributed by atoms with Gasteiger partial charge in [-0.2, -0.15) is 0 Å². The largest absolute Gasteiger partial charge is 0.507 e. The smallest absolute Gasteiger partial charge is 0.341 e. The lowest BCUT2D eigenvalue weighted by atomic mass is 10.0. The minimum Gasteiger partial charge on any atom is -0.507 e. The number of benzene rings is 10. The maximum Gasteiger partial charge on any atom is 0.341 e. The molecule has 0 aliphatic carbocycles. The van der Waals surface area contributed by atoms with Crippen LogP contribution in [-0.4, -0.2) is 105 Å². The summed E-state index contributed by atoms with van der Waals surface area (Å²) in [6.07, 6.45) is 0. The fraction of sp³-hybridized carbons (Fsp3) is 0.154. The van der Waals surface area contributed by atoms with Crippen molar-refractivity contribution < 1.29 is 82.7 Å². The first-order valence-electron chi connectivity index (χ1n) is 25.0. The zero-order valence-electron chi connectivity index (χ0n) is 46.9. The number of hydrogen-bond donors (Lipinski definition) is 5. The van der Waals surface area contributed by atoms with E-state index in [9.17, 15) is 34.2 Å². The first kappa shape index (κ1) is 62.1. The number of carbonyl (C=O) groups excluding carboxylic acids is 2. The monoisotopic (exact) mass is 1190 g/mol. The van der Waals surface area contributed by atoms with Crippen LogP contribution in [0.3, 0.4) is 0 Å². The van der Waals surface area contributed by atoms with E-state index >= 15 is 0 Å². The molecule has 0 aliphatic rings. The Morgan fingerprint density at radius 1 is 0.337 bits per heavy atom. The van der Waals surface area contributed by atoms with E-state index in [0.717, 1.165) is 86.5 Å². The Kier molecular flexibility index (Phi) is 20.9. The first-order valence-corrected chi connectivity index (χ1v) is 25.8. The number of phenols is 2.